The number of benzene rings is 2. The van der Waals surface area contributed by atoms with Crippen LogP contribution in [0.4, 0.5) is 23.0 Å². The largest absolute Gasteiger partial charge is 0.493 e. The van der Waals surface area contributed by atoms with Crippen molar-refractivity contribution in [3.8, 4) is 11.5 Å². The fraction of sp³-hybridized carbons (Fsp3) is 0.111. The third-order valence-corrected chi connectivity index (χ3v) is 3.66. The van der Waals surface area contributed by atoms with Gasteiger partial charge in [0.15, 0.2) is 11.5 Å². The van der Waals surface area contributed by atoms with E-state index in [1.165, 1.54) is 6.33 Å². The van der Waals surface area contributed by atoms with Crippen molar-refractivity contribution in [1.82, 2.24) is 9.97 Å². The van der Waals surface area contributed by atoms with Crippen molar-refractivity contribution in [1.29, 1.82) is 0 Å². The molecule has 0 saturated heterocycles. The molecule has 0 atom stereocenters. The standard InChI is InChI=1S/C18H17ClN4O2/c1-24-15-7-6-14(9-16(15)25-2)23-18-10-17(20-11-21-18)22-13-5-3-4-12(19)8-13/h3-11H,1-2H3,(H2,20,21,22,23). The van der Waals surface area contributed by atoms with Crippen LogP contribution >= 0.6 is 11.6 Å². The predicted octanol–water partition coefficient (Wildman–Crippen LogP) is 4.63. The highest BCUT2D eigenvalue weighted by Crippen LogP contribution is 2.31. The lowest BCUT2D eigenvalue weighted by Gasteiger charge is -2.11. The number of ether oxygens (including phenoxy) is 2. The van der Waals surface area contributed by atoms with Crippen LogP contribution in [0.1, 0.15) is 0 Å². The molecule has 0 fully saturated rings. The van der Waals surface area contributed by atoms with Crippen LogP contribution in [0.3, 0.4) is 0 Å². The zero-order valence-corrected chi connectivity index (χ0v) is 14.5. The minimum atomic E-state index is 0.638. The fourth-order valence-corrected chi connectivity index (χ4v) is 2.46. The van der Waals surface area contributed by atoms with Crippen LogP contribution in [-0.2, 0) is 0 Å². The maximum atomic E-state index is 6.00. The molecule has 0 unspecified atom stereocenters. The van der Waals surface area contributed by atoms with Crippen LogP contribution in [0.25, 0.3) is 0 Å². The fourth-order valence-electron chi connectivity index (χ4n) is 2.27. The van der Waals surface area contributed by atoms with Crippen LogP contribution in [0.2, 0.25) is 5.02 Å². The number of hydrogen-bond acceptors (Lipinski definition) is 6. The van der Waals surface area contributed by atoms with E-state index in [9.17, 15) is 0 Å². The first-order valence-corrected chi connectivity index (χ1v) is 7.89. The van der Waals surface area contributed by atoms with Crippen LogP contribution in [0.15, 0.2) is 54.9 Å². The Morgan fingerprint density at radius 3 is 2.12 bits per heavy atom. The van der Waals surface area contributed by atoms with E-state index in [-0.39, 0.29) is 0 Å². The molecule has 0 bridgehead atoms. The normalized spacial score (nSPS) is 10.2. The molecule has 2 aromatic carbocycles. The quantitative estimate of drug-likeness (QED) is 0.671. The molecule has 3 aromatic rings. The highest BCUT2D eigenvalue weighted by molar-refractivity contribution is 6.30. The third kappa shape index (κ3) is 4.30. The molecule has 3 rings (SSSR count). The highest BCUT2D eigenvalue weighted by atomic mass is 35.5. The van der Waals surface area contributed by atoms with Crippen molar-refractivity contribution in [2.24, 2.45) is 0 Å². The second-order valence-corrected chi connectivity index (χ2v) is 5.56. The summed E-state index contributed by atoms with van der Waals surface area (Å²) >= 11 is 6.00. The summed E-state index contributed by atoms with van der Waals surface area (Å²) in [4.78, 5) is 8.45. The van der Waals surface area contributed by atoms with Crippen LogP contribution in [-0.4, -0.2) is 24.2 Å². The van der Waals surface area contributed by atoms with Gasteiger partial charge in [-0.3, -0.25) is 0 Å². The molecule has 2 N–H and O–H groups in total. The van der Waals surface area contributed by atoms with Gasteiger partial charge >= 0.3 is 0 Å². The van der Waals surface area contributed by atoms with E-state index in [4.69, 9.17) is 21.1 Å². The molecule has 0 radical (unpaired) electrons. The number of aromatic nitrogens is 2. The molecule has 0 aliphatic heterocycles. The summed E-state index contributed by atoms with van der Waals surface area (Å²) in [5.41, 5.74) is 1.67. The number of halogens is 1. The first-order valence-electron chi connectivity index (χ1n) is 7.51. The Balaban J connectivity index is 1.78. The van der Waals surface area contributed by atoms with Crippen molar-refractivity contribution in [3.05, 3.63) is 59.9 Å². The smallest absolute Gasteiger partial charge is 0.162 e. The van der Waals surface area contributed by atoms with Gasteiger partial charge in [0.25, 0.3) is 0 Å². The zero-order valence-electron chi connectivity index (χ0n) is 13.8. The van der Waals surface area contributed by atoms with Gasteiger partial charge in [0.05, 0.1) is 14.2 Å². The van der Waals surface area contributed by atoms with Crippen molar-refractivity contribution in [3.63, 3.8) is 0 Å². The van der Waals surface area contributed by atoms with Gasteiger partial charge in [0.1, 0.15) is 18.0 Å². The Morgan fingerprint density at radius 2 is 1.48 bits per heavy atom. The predicted molar refractivity (Wildman–Crippen MR) is 99.6 cm³/mol. The van der Waals surface area contributed by atoms with Crippen molar-refractivity contribution < 1.29 is 9.47 Å². The van der Waals surface area contributed by atoms with E-state index >= 15 is 0 Å². The first-order chi connectivity index (χ1) is 12.2. The Hall–Kier alpha value is -2.99. The Bertz CT molecular complexity index is 873. The number of anilines is 4. The molecule has 25 heavy (non-hydrogen) atoms. The lowest BCUT2D eigenvalue weighted by Crippen LogP contribution is -1.99. The van der Waals surface area contributed by atoms with Crippen molar-refractivity contribution in [2.75, 3.05) is 24.9 Å². The Labute approximate surface area is 150 Å². The third-order valence-electron chi connectivity index (χ3n) is 3.42. The van der Waals surface area contributed by atoms with E-state index in [1.807, 2.05) is 42.5 Å². The van der Waals surface area contributed by atoms with Crippen LogP contribution < -0.4 is 20.1 Å². The molecule has 1 heterocycles. The molecule has 7 heteroatoms. The topological polar surface area (TPSA) is 68.3 Å². The Morgan fingerprint density at radius 1 is 0.800 bits per heavy atom. The maximum absolute atomic E-state index is 6.00. The maximum Gasteiger partial charge on any atom is 0.162 e. The zero-order chi connectivity index (χ0) is 17.6. The number of methoxy groups -OCH3 is 2. The van der Waals surface area contributed by atoms with E-state index in [0.29, 0.717) is 28.2 Å². The second kappa shape index (κ2) is 7.72. The summed E-state index contributed by atoms with van der Waals surface area (Å²) in [5.74, 6) is 2.60. The minimum absolute atomic E-state index is 0.638. The summed E-state index contributed by atoms with van der Waals surface area (Å²) in [5, 5.41) is 7.06. The van der Waals surface area contributed by atoms with Gasteiger partial charge in [-0.25, -0.2) is 9.97 Å². The monoisotopic (exact) mass is 356 g/mol. The van der Waals surface area contributed by atoms with Gasteiger partial charge in [-0.1, -0.05) is 17.7 Å². The summed E-state index contributed by atoms with van der Waals surface area (Å²) in [6, 6.07) is 14.8. The van der Waals surface area contributed by atoms with Gasteiger partial charge in [0, 0.05) is 28.5 Å². The van der Waals surface area contributed by atoms with E-state index in [1.54, 1.807) is 20.3 Å². The lowest BCUT2D eigenvalue weighted by atomic mass is 10.2. The summed E-state index contributed by atoms with van der Waals surface area (Å²) in [6.45, 7) is 0. The average Bonchev–Trinajstić information content (AvgIpc) is 2.62. The molecule has 1 aromatic heterocycles. The van der Waals surface area contributed by atoms with Crippen LogP contribution in [0.5, 0.6) is 11.5 Å². The molecular formula is C18H17ClN4O2. The van der Waals surface area contributed by atoms with Gasteiger partial charge in [-0.05, 0) is 30.3 Å². The summed E-state index contributed by atoms with van der Waals surface area (Å²) in [6.07, 6.45) is 1.48. The molecule has 0 aliphatic rings. The van der Waals surface area contributed by atoms with Crippen molar-refractivity contribution >= 4 is 34.6 Å². The number of nitrogens with zero attached hydrogens (tertiary/aromatic N) is 2. The molecule has 0 amide bonds. The van der Waals surface area contributed by atoms with E-state index in [0.717, 1.165) is 11.4 Å². The second-order valence-electron chi connectivity index (χ2n) is 5.12. The highest BCUT2D eigenvalue weighted by Gasteiger charge is 2.06. The first kappa shape index (κ1) is 16.9. The summed E-state index contributed by atoms with van der Waals surface area (Å²) in [7, 11) is 3.20. The molecule has 0 aliphatic carbocycles. The molecule has 6 nitrogen and oxygen atoms in total. The van der Waals surface area contributed by atoms with Crippen LogP contribution in [0, 0.1) is 0 Å². The molecule has 0 spiro atoms. The van der Waals surface area contributed by atoms with Gasteiger partial charge in [-0.2, -0.15) is 0 Å². The summed E-state index contributed by atoms with van der Waals surface area (Å²) < 4.78 is 10.5. The minimum Gasteiger partial charge on any atom is -0.493 e. The molecular weight excluding hydrogens is 340 g/mol. The lowest BCUT2D eigenvalue weighted by molar-refractivity contribution is 0.355. The van der Waals surface area contributed by atoms with Gasteiger partial charge < -0.3 is 20.1 Å². The van der Waals surface area contributed by atoms with Crippen molar-refractivity contribution in [2.45, 2.75) is 0 Å². The van der Waals surface area contributed by atoms with Gasteiger partial charge in [-0.15, -0.1) is 0 Å². The number of hydrogen-bond donors (Lipinski definition) is 2. The molecule has 0 saturated carbocycles. The van der Waals surface area contributed by atoms with Gasteiger partial charge in [0.2, 0.25) is 0 Å². The van der Waals surface area contributed by atoms with E-state index < -0.39 is 0 Å². The number of rotatable bonds is 6. The Kier molecular flexibility index (Phi) is 5.20. The SMILES string of the molecule is COc1ccc(Nc2cc(Nc3cccc(Cl)c3)ncn2)cc1OC. The average molecular weight is 357 g/mol. The number of nitrogens with one attached hydrogen (secondary N) is 2. The molecule has 128 valence electrons. The van der Waals surface area contributed by atoms with E-state index in [2.05, 4.69) is 20.6 Å².